The average Bonchev–Trinajstić information content (AvgIpc) is 1.69. The van der Waals surface area contributed by atoms with Crippen molar-refractivity contribution in [2.75, 3.05) is 39.6 Å². The van der Waals surface area contributed by atoms with Gasteiger partial charge in [-0.05, 0) is 297 Å². The molecule has 19 nitrogen and oxygen atoms in total. The molecular formula is C84H145NO18. The van der Waals surface area contributed by atoms with Crippen molar-refractivity contribution in [2.45, 2.75) is 355 Å². The maximum atomic E-state index is 12.8. The maximum absolute atomic E-state index is 12.8. The predicted molar refractivity (Wildman–Crippen MR) is 398 cm³/mol. The van der Waals surface area contributed by atoms with Crippen LogP contribution in [-0.4, -0.2) is 132 Å². The molecule has 10 saturated carbocycles. The van der Waals surface area contributed by atoms with Crippen LogP contribution in [-0.2, 0) is 66.7 Å². The van der Waals surface area contributed by atoms with Crippen LogP contribution in [0.5, 0.6) is 0 Å². The van der Waals surface area contributed by atoms with Crippen LogP contribution in [0.15, 0.2) is 0 Å². The van der Waals surface area contributed by atoms with Crippen molar-refractivity contribution < 1.29 is 87.1 Å². The van der Waals surface area contributed by atoms with Crippen LogP contribution in [0.25, 0.3) is 0 Å². The van der Waals surface area contributed by atoms with Crippen LogP contribution < -0.4 is 0 Å². The first-order chi connectivity index (χ1) is 48.1. The Kier molecular flexibility index (Phi) is 34.6. The predicted octanol–water partition coefficient (Wildman–Crippen LogP) is 16.5. The number of esters is 7. The Labute approximate surface area is 622 Å². The maximum Gasteiger partial charge on any atom is 0.327 e. The molecule has 11 atom stereocenters. The van der Waals surface area contributed by atoms with Crippen molar-refractivity contribution in [3.63, 3.8) is 0 Å². The number of fused-ring (bicyclic) bond motifs is 3. The molecule has 0 radical (unpaired) electrons. The second-order valence-electron chi connectivity index (χ2n) is 36.7. The highest BCUT2D eigenvalue weighted by Gasteiger charge is 2.72. The molecule has 11 fully saturated rings. The number of carbonyl (C=O) groups excluding carboxylic acids is 7. The molecular weight excluding hydrogens is 1310 g/mol. The van der Waals surface area contributed by atoms with Crippen LogP contribution in [0.2, 0.25) is 0 Å². The van der Waals surface area contributed by atoms with Crippen molar-refractivity contribution >= 4 is 41.8 Å². The summed E-state index contributed by atoms with van der Waals surface area (Å²) in [6, 6.07) is 2.15. The molecule has 10 aliphatic carbocycles. The van der Waals surface area contributed by atoms with Gasteiger partial charge in [0.15, 0.2) is 5.41 Å². The van der Waals surface area contributed by atoms with Gasteiger partial charge in [0.25, 0.3) is 0 Å². The number of hydrogen-bond acceptors (Lipinski definition) is 19. The Morgan fingerprint density at radius 1 is 0.466 bits per heavy atom. The van der Waals surface area contributed by atoms with E-state index in [1.807, 2.05) is 125 Å². The Morgan fingerprint density at radius 3 is 1.17 bits per heavy atom. The Hall–Kier alpha value is -4.38. The van der Waals surface area contributed by atoms with Gasteiger partial charge in [0.1, 0.15) is 43.2 Å². The van der Waals surface area contributed by atoms with E-state index in [4.69, 9.17) is 43.4 Å². The van der Waals surface area contributed by atoms with Crippen molar-refractivity contribution in [3.8, 4) is 6.07 Å². The summed E-state index contributed by atoms with van der Waals surface area (Å²) in [5, 5.41) is 45.3. The van der Waals surface area contributed by atoms with Crippen molar-refractivity contribution in [3.05, 3.63) is 0 Å². The molecule has 0 aromatic heterocycles. The average molecular weight is 1460 g/mol. The highest BCUT2D eigenvalue weighted by atomic mass is 16.6. The molecule has 11 rings (SSSR count). The summed E-state index contributed by atoms with van der Waals surface area (Å²) >= 11 is 0. The molecule has 8 bridgehead atoms. The first kappa shape index (κ1) is 91.0. The van der Waals surface area contributed by atoms with Crippen molar-refractivity contribution in [1.82, 2.24) is 0 Å². The van der Waals surface area contributed by atoms with Gasteiger partial charge in [-0.25, -0.2) is 0 Å². The van der Waals surface area contributed by atoms with Crippen LogP contribution in [0.4, 0.5) is 0 Å². The molecule has 1 saturated heterocycles. The standard InChI is InChI=1S/C20H34O4.C15H19NO4.2C12H22O2.C9H16.2C8H16O3/c1-4-17(2,3)16(23)24-20-11-15-9-18(13-20,5-7-21)12-19(10-15,14-20)6-8-22;1-4-14(2,3)12(17)19-10-8-5-9-11(10)20-13(18)15(9,6-8)7-16;2*1-4-12(2,3)11(13)14-10-8-6-5-7-9-10;1-6-7(2)9-4-3-8(6)5-9;2*1-4-8(2,3)7(10)11-6-5-9/h15,21-22H,4-14H2,1-3H3;8-11H,4-6H2,1-3H3;2*10H,4-9H2,1-3H3;6-9H,3-5H2,1-2H3;2*9H,4-6H2,1-3H3. The number of rotatable bonds is 24. The minimum absolute atomic E-state index is 0.0214. The zero-order valence-corrected chi connectivity index (χ0v) is 68.1. The second kappa shape index (κ2) is 39.1. The SMILES string of the molecule is CC1C2CCC(C2)C1C.CCC(C)(C)C(=O)OC12CC3CC(CCO)(CC(CCO)(C3)C1)C2.CCC(C)(C)C(=O)OC1C2CC3C1OC(=O)C3(C#N)C2.CCC(C)(C)C(=O)OC1CCCCC1.CCC(C)(C)C(=O)OC1CCCCC1.CCC(C)(C)C(=O)OCCO.CCC(C)(C)C(=O)OCCO. The molecule has 0 aromatic rings. The van der Waals surface area contributed by atoms with E-state index in [1.54, 1.807) is 6.42 Å². The molecule has 103 heavy (non-hydrogen) atoms. The van der Waals surface area contributed by atoms with E-state index >= 15 is 0 Å². The largest absolute Gasteiger partial charge is 0.463 e. The smallest absolute Gasteiger partial charge is 0.327 e. The summed E-state index contributed by atoms with van der Waals surface area (Å²) in [5.74, 6) is 3.58. The summed E-state index contributed by atoms with van der Waals surface area (Å²) < 4.78 is 37.8. The van der Waals surface area contributed by atoms with Gasteiger partial charge >= 0.3 is 41.8 Å². The summed E-state index contributed by atoms with van der Waals surface area (Å²) in [6.45, 7) is 39.9. The van der Waals surface area contributed by atoms with E-state index in [9.17, 15) is 49.0 Å². The molecule has 4 N–H and O–H groups in total. The number of ether oxygens (including phenoxy) is 7. The monoisotopic (exact) mass is 1460 g/mol. The fourth-order valence-electron chi connectivity index (χ4n) is 17.2. The van der Waals surface area contributed by atoms with Gasteiger partial charge in [-0.3, -0.25) is 33.6 Å². The highest BCUT2D eigenvalue weighted by Crippen LogP contribution is 2.70. The zero-order valence-electron chi connectivity index (χ0n) is 68.1. The van der Waals surface area contributed by atoms with E-state index in [1.165, 1.54) is 51.4 Å². The molecule has 1 heterocycles. The van der Waals surface area contributed by atoms with Gasteiger partial charge in [-0.1, -0.05) is 68.2 Å². The molecule has 594 valence electrons. The molecule has 0 aromatic carbocycles. The topological polar surface area (TPSA) is 289 Å². The zero-order chi connectivity index (χ0) is 77.8. The van der Waals surface area contributed by atoms with Gasteiger partial charge in [0.05, 0.1) is 51.8 Å². The highest BCUT2D eigenvalue weighted by molar-refractivity contribution is 5.85. The second-order valence-corrected chi connectivity index (χ2v) is 36.7. The van der Waals surface area contributed by atoms with Crippen LogP contribution >= 0.6 is 0 Å². The molecule has 19 heteroatoms. The Bertz CT molecular complexity index is 2630. The number of aliphatic hydroxyl groups is 4. The first-order valence-corrected chi connectivity index (χ1v) is 40.3. The summed E-state index contributed by atoms with van der Waals surface area (Å²) in [5.41, 5.74) is -3.58. The Morgan fingerprint density at radius 2 is 0.835 bits per heavy atom. The molecule has 11 unspecified atom stereocenters. The van der Waals surface area contributed by atoms with Gasteiger partial charge in [0, 0.05) is 25.0 Å². The lowest BCUT2D eigenvalue weighted by Gasteiger charge is -2.66. The Balaban J connectivity index is 0.000000261. The van der Waals surface area contributed by atoms with E-state index < -0.39 is 39.1 Å². The van der Waals surface area contributed by atoms with Gasteiger partial charge in [0.2, 0.25) is 0 Å². The number of carbonyl (C=O) groups is 7. The third-order valence-electron chi connectivity index (χ3n) is 26.6. The van der Waals surface area contributed by atoms with Crippen molar-refractivity contribution in [1.29, 1.82) is 5.26 Å². The number of aliphatic hydroxyl groups excluding tert-OH is 4. The lowest BCUT2D eigenvalue weighted by atomic mass is 9.41. The van der Waals surface area contributed by atoms with E-state index in [0.29, 0.717) is 18.8 Å². The van der Waals surface area contributed by atoms with Crippen molar-refractivity contribution in [2.24, 2.45) is 90.2 Å². The minimum atomic E-state index is -0.974. The molecule has 0 spiro atoms. The normalized spacial score (nSPS) is 30.2. The number of nitrogens with zero attached hydrogens (tertiary/aromatic N) is 1. The lowest BCUT2D eigenvalue weighted by Crippen LogP contribution is -2.62. The van der Waals surface area contributed by atoms with Crippen LogP contribution in [0, 0.1) is 101 Å². The third kappa shape index (κ3) is 24.1. The third-order valence-corrected chi connectivity index (χ3v) is 26.6. The van der Waals surface area contributed by atoms with Gasteiger partial charge in [-0.15, -0.1) is 0 Å². The van der Waals surface area contributed by atoms with Crippen LogP contribution in [0.3, 0.4) is 0 Å². The summed E-state index contributed by atoms with van der Waals surface area (Å²) in [4.78, 5) is 82.7. The summed E-state index contributed by atoms with van der Waals surface area (Å²) in [6.07, 6.45) is 29.5. The molecule has 1 aliphatic heterocycles. The minimum Gasteiger partial charge on any atom is -0.463 e. The summed E-state index contributed by atoms with van der Waals surface area (Å²) in [7, 11) is 0. The lowest BCUT2D eigenvalue weighted by molar-refractivity contribution is -0.232. The fourth-order valence-corrected chi connectivity index (χ4v) is 17.2. The van der Waals surface area contributed by atoms with E-state index in [-0.39, 0.29) is 133 Å². The quantitative estimate of drug-likeness (QED) is 0.0516. The van der Waals surface area contributed by atoms with E-state index in [2.05, 4.69) is 19.9 Å². The number of hydrogen-bond donors (Lipinski definition) is 4. The van der Waals surface area contributed by atoms with Crippen LogP contribution in [0.1, 0.15) is 325 Å². The number of nitriles is 1. The molecule has 11 aliphatic rings. The first-order valence-electron chi connectivity index (χ1n) is 40.3. The fraction of sp³-hybridized carbons (Fsp3) is 0.905. The van der Waals surface area contributed by atoms with Gasteiger partial charge in [-0.2, -0.15) is 5.26 Å². The van der Waals surface area contributed by atoms with E-state index in [0.717, 1.165) is 139 Å². The van der Waals surface area contributed by atoms with Gasteiger partial charge < -0.3 is 53.6 Å². The molecule has 0 amide bonds.